The van der Waals surface area contributed by atoms with Crippen molar-refractivity contribution in [2.24, 2.45) is 0 Å². The van der Waals surface area contributed by atoms with Crippen molar-refractivity contribution >= 4 is 28.0 Å². The van der Waals surface area contributed by atoms with Crippen LogP contribution in [-0.2, 0) is 12.8 Å². The standard InChI is InChI=1S/C17H12N2OS/c18-8-10-4-5-14-12(6-10)13(9-19-14)17(20)16-7-11-2-1-3-15(11)21-16/h4-7,9,19H,1-3H2. The van der Waals surface area contributed by atoms with Crippen LogP contribution in [0.25, 0.3) is 10.9 Å². The Bertz CT molecular complexity index is 889. The van der Waals surface area contributed by atoms with E-state index in [0.717, 1.165) is 28.6 Å². The van der Waals surface area contributed by atoms with Gasteiger partial charge >= 0.3 is 0 Å². The number of aromatic amines is 1. The van der Waals surface area contributed by atoms with Crippen molar-refractivity contribution in [1.29, 1.82) is 5.26 Å². The van der Waals surface area contributed by atoms with Gasteiger partial charge in [-0.15, -0.1) is 11.3 Å². The highest BCUT2D eigenvalue weighted by atomic mass is 32.1. The first-order valence-corrected chi connectivity index (χ1v) is 7.75. The lowest BCUT2D eigenvalue weighted by atomic mass is 10.1. The smallest absolute Gasteiger partial charge is 0.205 e. The van der Waals surface area contributed by atoms with E-state index in [2.05, 4.69) is 11.1 Å². The van der Waals surface area contributed by atoms with Gasteiger partial charge in [-0.05, 0) is 49.1 Å². The Hall–Kier alpha value is -2.38. The number of aromatic nitrogens is 1. The molecule has 1 aliphatic carbocycles. The van der Waals surface area contributed by atoms with Crippen LogP contribution >= 0.6 is 11.3 Å². The van der Waals surface area contributed by atoms with Crippen LogP contribution in [0, 0.1) is 11.3 Å². The number of nitrogens with zero attached hydrogens (tertiary/aromatic N) is 1. The average molecular weight is 292 g/mol. The maximum atomic E-state index is 12.7. The molecule has 0 spiro atoms. The summed E-state index contributed by atoms with van der Waals surface area (Å²) in [5.74, 6) is 0.0516. The number of rotatable bonds is 2. The fourth-order valence-electron chi connectivity index (χ4n) is 2.95. The van der Waals surface area contributed by atoms with E-state index >= 15 is 0 Å². The summed E-state index contributed by atoms with van der Waals surface area (Å²) in [6, 6.07) is 9.55. The lowest BCUT2D eigenvalue weighted by Crippen LogP contribution is -1.97. The Kier molecular flexibility index (Phi) is 2.69. The van der Waals surface area contributed by atoms with Crippen LogP contribution in [-0.4, -0.2) is 10.8 Å². The molecule has 1 aromatic carbocycles. The number of nitriles is 1. The number of hydrogen-bond acceptors (Lipinski definition) is 3. The first-order chi connectivity index (χ1) is 10.3. The number of H-pyrrole nitrogens is 1. The molecule has 3 aromatic rings. The third-order valence-corrected chi connectivity index (χ3v) is 5.26. The normalized spacial score (nSPS) is 13.3. The van der Waals surface area contributed by atoms with Gasteiger partial charge in [0.1, 0.15) is 0 Å². The van der Waals surface area contributed by atoms with Gasteiger partial charge < -0.3 is 4.98 Å². The zero-order chi connectivity index (χ0) is 14.4. The maximum absolute atomic E-state index is 12.7. The van der Waals surface area contributed by atoms with Crippen LogP contribution < -0.4 is 0 Å². The van der Waals surface area contributed by atoms with Gasteiger partial charge in [-0.3, -0.25) is 4.79 Å². The summed E-state index contributed by atoms with van der Waals surface area (Å²) in [5.41, 5.74) is 3.45. The lowest BCUT2D eigenvalue weighted by Gasteiger charge is -1.97. The Morgan fingerprint density at radius 3 is 3.00 bits per heavy atom. The van der Waals surface area contributed by atoms with Crippen molar-refractivity contribution in [2.75, 3.05) is 0 Å². The predicted molar refractivity (Wildman–Crippen MR) is 82.8 cm³/mol. The van der Waals surface area contributed by atoms with E-state index in [0.29, 0.717) is 11.1 Å². The monoisotopic (exact) mass is 292 g/mol. The molecule has 0 unspecified atom stereocenters. The fraction of sp³-hybridized carbons (Fsp3) is 0.176. The van der Waals surface area contributed by atoms with Gasteiger partial charge in [-0.1, -0.05) is 0 Å². The molecule has 21 heavy (non-hydrogen) atoms. The van der Waals surface area contributed by atoms with E-state index in [4.69, 9.17) is 5.26 Å². The largest absolute Gasteiger partial charge is 0.360 e. The summed E-state index contributed by atoms with van der Waals surface area (Å²) in [5, 5.41) is 9.84. The second kappa shape index (κ2) is 4.57. The molecular formula is C17H12N2OS. The minimum atomic E-state index is 0.0516. The van der Waals surface area contributed by atoms with Crippen LogP contribution in [0.5, 0.6) is 0 Å². The van der Waals surface area contributed by atoms with Gasteiger partial charge in [-0.25, -0.2) is 0 Å². The average Bonchev–Trinajstić information content (AvgIpc) is 3.19. The Morgan fingerprint density at radius 2 is 2.19 bits per heavy atom. The second-order valence-corrected chi connectivity index (χ2v) is 6.45. The van der Waals surface area contributed by atoms with E-state index < -0.39 is 0 Å². The summed E-state index contributed by atoms with van der Waals surface area (Å²) < 4.78 is 0. The lowest BCUT2D eigenvalue weighted by molar-refractivity contribution is 0.104. The number of thiophene rings is 1. The summed E-state index contributed by atoms with van der Waals surface area (Å²) >= 11 is 1.62. The molecule has 0 amide bonds. The molecule has 0 atom stereocenters. The minimum absolute atomic E-state index is 0.0516. The highest BCUT2D eigenvalue weighted by Crippen LogP contribution is 2.33. The molecule has 0 fully saturated rings. The van der Waals surface area contributed by atoms with Crippen molar-refractivity contribution in [3.63, 3.8) is 0 Å². The van der Waals surface area contributed by atoms with E-state index in [9.17, 15) is 4.79 Å². The van der Waals surface area contributed by atoms with Crippen molar-refractivity contribution in [1.82, 2.24) is 4.98 Å². The van der Waals surface area contributed by atoms with Crippen LogP contribution in [0.3, 0.4) is 0 Å². The molecule has 0 aliphatic heterocycles. The number of benzene rings is 1. The van der Waals surface area contributed by atoms with E-state index in [-0.39, 0.29) is 5.78 Å². The third kappa shape index (κ3) is 1.90. The Labute approximate surface area is 125 Å². The van der Waals surface area contributed by atoms with Crippen molar-refractivity contribution in [3.8, 4) is 6.07 Å². The number of fused-ring (bicyclic) bond motifs is 2. The molecule has 3 nitrogen and oxygen atoms in total. The molecule has 4 heteroatoms. The molecule has 2 aromatic heterocycles. The third-order valence-electron chi connectivity index (χ3n) is 4.03. The maximum Gasteiger partial charge on any atom is 0.205 e. The fourth-order valence-corrected chi connectivity index (χ4v) is 4.16. The first kappa shape index (κ1) is 12.4. The number of aryl methyl sites for hydroxylation is 2. The van der Waals surface area contributed by atoms with Crippen molar-refractivity contribution in [2.45, 2.75) is 19.3 Å². The summed E-state index contributed by atoms with van der Waals surface area (Å²) in [6.07, 6.45) is 5.14. The molecule has 0 saturated heterocycles. The highest BCUT2D eigenvalue weighted by molar-refractivity contribution is 7.14. The van der Waals surface area contributed by atoms with Crippen molar-refractivity contribution < 1.29 is 4.79 Å². The first-order valence-electron chi connectivity index (χ1n) is 6.94. The predicted octanol–water partition coefficient (Wildman–Crippen LogP) is 3.82. The highest BCUT2D eigenvalue weighted by Gasteiger charge is 2.21. The van der Waals surface area contributed by atoms with Crippen LogP contribution in [0.2, 0.25) is 0 Å². The van der Waals surface area contributed by atoms with Crippen LogP contribution in [0.4, 0.5) is 0 Å². The number of carbonyl (C=O) groups excluding carboxylic acids is 1. The van der Waals surface area contributed by atoms with Crippen molar-refractivity contribution in [3.05, 3.63) is 56.9 Å². The number of ketones is 1. The summed E-state index contributed by atoms with van der Waals surface area (Å²) in [4.78, 5) is 18.0. The van der Waals surface area contributed by atoms with Crippen LogP contribution in [0.1, 0.15) is 37.7 Å². The van der Waals surface area contributed by atoms with Gasteiger partial charge in [0.25, 0.3) is 0 Å². The molecule has 2 heterocycles. The molecule has 1 N–H and O–H groups in total. The Morgan fingerprint density at radius 1 is 1.29 bits per heavy atom. The van der Waals surface area contributed by atoms with Gasteiger partial charge in [-0.2, -0.15) is 5.26 Å². The second-order valence-electron chi connectivity index (χ2n) is 5.32. The molecule has 1 aliphatic rings. The Balaban J connectivity index is 1.81. The molecule has 0 saturated carbocycles. The van der Waals surface area contributed by atoms with Gasteiger partial charge in [0.15, 0.2) is 0 Å². The summed E-state index contributed by atoms with van der Waals surface area (Å²) in [6.45, 7) is 0. The van der Waals surface area contributed by atoms with E-state index in [1.807, 2.05) is 12.1 Å². The summed E-state index contributed by atoms with van der Waals surface area (Å²) in [7, 11) is 0. The minimum Gasteiger partial charge on any atom is -0.360 e. The number of carbonyl (C=O) groups is 1. The molecule has 0 radical (unpaired) electrons. The SMILES string of the molecule is N#Cc1ccc2[nH]cc(C(=O)c3cc4c(s3)CCC4)c2c1. The number of nitrogens with one attached hydrogen (secondary N) is 1. The topological polar surface area (TPSA) is 56.6 Å². The van der Waals surface area contributed by atoms with E-state index in [1.54, 1.807) is 29.7 Å². The molecule has 0 bridgehead atoms. The zero-order valence-electron chi connectivity index (χ0n) is 11.3. The molecule has 102 valence electrons. The zero-order valence-corrected chi connectivity index (χ0v) is 12.1. The molecule has 4 rings (SSSR count). The number of hydrogen-bond donors (Lipinski definition) is 1. The van der Waals surface area contributed by atoms with Crippen LogP contribution in [0.15, 0.2) is 30.5 Å². The quantitative estimate of drug-likeness (QED) is 0.730. The van der Waals surface area contributed by atoms with E-state index in [1.165, 1.54) is 16.9 Å². The van der Waals surface area contributed by atoms with Gasteiger partial charge in [0.2, 0.25) is 5.78 Å². The molecular weight excluding hydrogens is 280 g/mol. The van der Waals surface area contributed by atoms with Gasteiger partial charge in [0, 0.05) is 27.5 Å². The van der Waals surface area contributed by atoms with Gasteiger partial charge in [0.05, 0.1) is 16.5 Å².